The van der Waals surface area contributed by atoms with E-state index in [0.717, 1.165) is 19.1 Å². The van der Waals surface area contributed by atoms with Gasteiger partial charge in [-0.15, -0.1) is 12.4 Å². The van der Waals surface area contributed by atoms with E-state index < -0.39 is 0 Å². The number of para-hydroxylation sites is 1. The van der Waals surface area contributed by atoms with Crippen LogP contribution in [0.1, 0.15) is 17.9 Å². The number of fused-ring (bicyclic) bond motifs is 3. The smallest absolute Gasteiger partial charge is 0.0644 e. The number of anilines is 2. The van der Waals surface area contributed by atoms with Gasteiger partial charge in [-0.05, 0) is 24.6 Å². The van der Waals surface area contributed by atoms with Crippen LogP contribution in [0.3, 0.4) is 0 Å². The number of nitrogens with zero attached hydrogens (tertiary/aromatic N) is 2. The first-order valence-corrected chi connectivity index (χ1v) is 6.67. The fourth-order valence-electron chi connectivity index (χ4n) is 3.83. The molecular weight excluding hydrogens is 246 g/mol. The zero-order valence-electron chi connectivity index (χ0n) is 10.7. The molecule has 4 heteroatoms. The van der Waals surface area contributed by atoms with Gasteiger partial charge < -0.3 is 15.1 Å². The first-order chi connectivity index (χ1) is 8.36. The van der Waals surface area contributed by atoms with E-state index >= 15 is 0 Å². The molecule has 2 atom stereocenters. The second-order valence-corrected chi connectivity index (χ2v) is 5.50. The quantitative estimate of drug-likeness (QED) is 0.772. The van der Waals surface area contributed by atoms with E-state index in [9.17, 15) is 0 Å². The van der Waals surface area contributed by atoms with Gasteiger partial charge in [0.05, 0.1) is 11.4 Å². The number of benzene rings is 1. The highest BCUT2D eigenvalue weighted by Gasteiger charge is 2.42. The molecule has 3 heterocycles. The zero-order chi connectivity index (χ0) is 11.4. The van der Waals surface area contributed by atoms with Gasteiger partial charge in [0.25, 0.3) is 0 Å². The third-order valence-corrected chi connectivity index (χ3v) is 4.67. The van der Waals surface area contributed by atoms with Gasteiger partial charge in [0, 0.05) is 38.6 Å². The number of rotatable bonds is 0. The summed E-state index contributed by atoms with van der Waals surface area (Å²) in [5.74, 6) is 0.713. The van der Waals surface area contributed by atoms with Gasteiger partial charge in [-0.3, -0.25) is 0 Å². The van der Waals surface area contributed by atoms with E-state index in [4.69, 9.17) is 0 Å². The summed E-state index contributed by atoms with van der Waals surface area (Å²) in [6.07, 6.45) is 1.29. The fourth-order valence-corrected chi connectivity index (χ4v) is 3.83. The van der Waals surface area contributed by atoms with Crippen LogP contribution in [0.4, 0.5) is 11.4 Å². The van der Waals surface area contributed by atoms with E-state index in [1.807, 2.05) is 0 Å². The Balaban J connectivity index is 0.000001000. The van der Waals surface area contributed by atoms with Crippen LogP contribution in [-0.2, 0) is 0 Å². The molecule has 1 N–H and O–H groups in total. The average Bonchev–Trinajstić information content (AvgIpc) is 2.70. The fraction of sp³-hybridized carbons (Fsp3) is 0.571. The first kappa shape index (κ1) is 12.1. The standard InChI is InChI=1S/C14H19N3.ClH/c1-16-7-8-17-12-5-6-15-9-11(12)10-3-2-4-13(16)14(10)17;/h2-4,11-12,15H,5-9H2,1H3;1H. The predicted octanol–water partition coefficient (Wildman–Crippen LogP) is 1.82. The Morgan fingerprint density at radius 2 is 2.17 bits per heavy atom. The molecule has 0 spiro atoms. The lowest BCUT2D eigenvalue weighted by Gasteiger charge is -2.39. The van der Waals surface area contributed by atoms with Crippen molar-refractivity contribution in [3.63, 3.8) is 0 Å². The van der Waals surface area contributed by atoms with Crippen LogP contribution in [0, 0.1) is 0 Å². The molecule has 1 aromatic carbocycles. The average molecular weight is 266 g/mol. The van der Waals surface area contributed by atoms with Gasteiger partial charge in [-0.1, -0.05) is 12.1 Å². The summed E-state index contributed by atoms with van der Waals surface area (Å²) in [5, 5.41) is 3.55. The van der Waals surface area contributed by atoms with Gasteiger partial charge in [-0.2, -0.15) is 0 Å². The SMILES string of the molecule is CN1CCN2c3c(cccc31)C1CNCCC12.Cl. The summed E-state index contributed by atoms with van der Waals surface area (Å²) in [6.45, 7) is 4.69. The summed E-state index contributed by atoms with van der Waals surface area (Å²) >= 11 is 0. The Morgan fingerprint density at radius 1 is 1.28 bits per heavy atom. The van der Waals surface area contributed by atoms with Crippen LogP contribution < -0.4 is 15.1 Å². The molecule has 3 nitrogen and oxygen atoms in total. The van der Waals surface area contributed by atoms with Crippen molar-refractivity contribution in [1.29, 1.82) is 0 Å². The lowest BCUT2D eigenvalue weighted by Crippen LogP contribution is -2.48. The molecule has 0 amide bonds. The second kappa shape index (κ2) is 4.32. The second-order valence-electron chi connectivity index (χ2n) is 5.50. The Bertz CT molecular complexity index is 462. The van der Waals surface area contributed by atoms with E-state index in [-0.39, 0.29) is 12.4 Å². The normalized spacial score (nSPS) is 28.5. The number of likely N-dealkylation sites (N-methyl/N-ethyl adjacent to an activating group) is 1. The molecule has 3 aliphatic heterocycles. The minimum atomic E-state index is 0. The summed E-state index contributed by atoms with van der Waals surface area (Å²) in [5.41, 5.74) is 4.54. The van der Waals surface area contributed by atoms with Crippen molar-refractivity contribution in [3.8, 4) is 0 Å². The van der Waals surface area contributed by atoms with Crippen LogP contribution in [0.25, 0.3) is 0 Å². The highest BCUT2D eigenvalue weighted by molar-refractivity contribution is 5.85. The van der Waals surface area contributed by atoms with Crippen molar-refractivity contribution in [2.45, 2.75) is 18.4 Å². The topological polar surface area (TPSA) is 18.5 Å². The monoisotopic (exact) mass is 265 g/mol. The molecule has 1 aromatic rings. The molecule has 1 saturated heterocycles. The summed E-state index contributed by atoms with van der Waals surface area (Å²) in [6, 6.07) is 7.59. The van der Waals surface area contributed by atoms with Crippen molar-refractivity contribution in [1.82, 2.24) is 5.32 Å². The Labute approximate surface area is 115 Å². The third kappa shape index (κ3) is 1.47. The first-order valence-electron chi connectivity index (χ1n) is 6.67. The van der Waals surface area contributed by atoms with Gasteiger partial charge >= 0.3 is 0 Å². The summed E-state index contributed by atoms with van der Waals surface area (Å²) < 4.78 is 0. The van der Waals surface area contributed by atoms with Crippen molar-refractivity contribution >= 4 is 23.8 Å². The maximum Gasteiger partial charge on any atom is 0.0644 e. The minimum Gasteiger partial charge on any atom is -0.371 e. The molecule has 98 valence electrons. The lowest BCUT2D eigenvalue weighted by atomic mass is 9.90. The lowest BCUT2D eigenvalue weighted by molar-refractivity contribution is 0.402. The molecule has 0 aliphatic carbocycles. The number of halogens is 1. The van der Waals surface area contributed by atoms with Crippen LogP contribution in [0.5, 0.6) is 0 Å². The molecule has 3 aliphatic rings. The Morgan fingerprint density at radius 3 is 3.06 bits per heavy atom. The number of hydrogen-bond donors (Lipinski definition) is 1. The third-order valence-electron chi connectivity index (χ3n) is 4.67. The van der Waals surface area contributed by atoms with Crippen molar-refractivity contribution in [2.75, 3.05) is 43.0 Å². The van der Waals surface area contributed by atoms with Gasteiger partial charge in [-0.25, -0.2) is 0 Å². The maximum absolute atomic E-state index is 3.55. The highest BCUT2D eigenvalue weighted by atomic mass is 35.5. The van der Waals surface area contributed by atoms with Crippen LogP contribution in [-0.4, -0.2) is 39.3 Å². The minimum absolute atomic E-state index is 0. The van der Waals surface area contributed by atoms with E-state index in [1.165, 1.54) is 30.9 Å². The molecule has 0 aromatic heterocycles. The zero-order valence-corrected chi connectivity index (χ0v) is 11.5. The number of nitrogens with one attached hydrogen (secondary N) is 1. The van der Waals surface area contributed by atoms with Gasteiger partial charge in [0.2, 0.25) is 0 Å². The van der Waals surface area contributed by atoms with Crippen molar-refractivity contribution < 1.29 is 0 Å². The molecule has 0 saturated carbocycles. The molecular formula is C14H20ClN3. The molecule has 0 bridgehead atoms. The summed E-state index contributed by atoms with van der Waals surface area (Å²) in [4.78, 5) is 5.08. The van der Waals surface area contributed by atoms with E-state index in [2.05, 4.69) is 40.4 Å². The Kier molecular flexibility index (Phi) is 2.91. The Hall–Kier alpha value is -0.930. The van der Waals surface area contributed by atoms with E-state index in [1.54, 1.807) is 5.56 Å². The van der Waals surface area contributed by atoms with Gasteiger partial charge in [0.1, 0.15) is 0 Å². The summed E-state index contributed by atoms with van der Waals surface area (Å²) in [7, 11) is 2.22. The maximum atomic E-state index is 3.55. The molecule has 4 rings (SSSR count). The highest BCUT2D eigenvalue weighted by Crippen LogP contribution is 2.49. The molecule has 18 heavy (non-hydrogen) atoms. The molecule has 0 radical (unpaired) electrons. The largest absolute Gasteiger partial charge is 0.371 e. The molecule has 1 fully saturated rings. The van der Waals surface area contributed by atoms with E-state index in [0.29, 0.717) is 5.92 Å². The van der Waals surface area contributed by atoms with Crippen molar-refractivity contribution in [3.05, 3.63) is 23.8 Å². The van der Waals surface area contributed by atoms with Crippen LogP contribution in [0.15, 0.2) is 18.2 Å². The predicted molar refractivity (Wildman–Crippen MR) is 78.3 cm³/mol. The number of hydrogen-bond acceptors (Lipinski definition) is 3. The van der Waals surface area contributed by atoms with Crippen LogP contribution >= 0.6 is 12.4 Å². The number of piperidine rings is 1. The molecule has 2 unspecified atom stereocenters. The van der Waals surface area contributed by atoms with Crippen LogP contribution in [0.2, 0.25) is 0 Å². The van der Waals surface area contributed by atoms with Gasteiger partial charge in [0.15, 0.2) is 0 Å². The van der Waals surface area contributed by atoms with Crippen molar-refractivity contribution in [2.24, 2.45) is 0 Å².